The van der Waals surface area contributed by atoms with Gasteiger partial charge in [-0.1, -0.05) is 72.0 Å². The van der Waals surface area contributed by atoms with Crippen molar-refractivity contribution in [2.45, 2.75) is 55.2 Å². The molecule has 0 spiro atoms. The standard InChI is InChI=1S/C30H18F15NO/c1-18-11-13-20(14-12-18)17-46(22-10-6-5-9-21(22)16-15-19-7-3-2-4-8-19)23(47)24(31,32)25(33,34)26(35,36)27(37,38)28(39,40)29(41,42)30(43,44)45/h2-14H,17H2,1H3. The number of halogens is 15. The molecule has 0 N–H and O–H groups in total. The van der Waals surface area contributed by atoms with Crippen molar-refractivity contribution in [1.82, 2.24) is 0 Å². The van der Waals surface area contributed by atoms with Crippen LogP contribution in [0.1, 0.15) is 22.3 Å². The fourth-order valence-electron chi connectivity index (χ4n) is 3.89. The van der Waals surface area contributed by atoms with E-state index in [1.54, 1.807) is 6.07 Å². The van der Waals surface area contributed by atoms with Crippen LogP contribution in [0.3, 0.4) is 0 Å². The summed E-state index contributed by atoms with van der Waals surface area (Å²) in [6.07, 6.45) is -7.74. The van der Waals surface area contributed by atoms with E-state index in [0.717, 1.165) is 30.3 Å². The molecule has 254 valence electrons. The summed E-state index contributed by atoms with van der Waals surface area (Å²) in [6.45, 7) is 0.343. The van der Waals surface area contributed by atoms with E-state index >= 15 is 8.78 Å². The minimum absolute atomic E-state index is 0.165. The van der Waals surface area contributed by atoms with Gasteiger partial charge in [0.05, 0.1) is 12.2 Å². The van der Waals surface area contributed by atoms with E-state index < -0.39 is 65.4 Å². The van der Waals surface area contributed by atoms with Gasteiger partial charge >= 0.3 is 47.6 Å². The number of anilines is 1. The zero-order valence-corrected chi connectivity index (χ0v) is 23.2. The summed E-state index contributed by atoms with van der Waals surface area (Å²) in [5.74, 6) is -47.1. The number of para-hydroxylation sites is 1. The predicted octanol–water partition coefficient (Wildman–Crippen LogP) is 9.30. The van der Waals surface area contributed by atoms with Crippen LogP contribution in [0, 0.1) is 18.8 Å². The average Bonchev–Trinajstić information content (AvgIpc) is 2.99. The molecule has 0 atom stereocenters. The number of rotatable bonds is 9. The Morgan fingerprint density at radius 2 is 1.04 bits per heavy atom. The maximum absolute atomic E-state index is 15.2. The first-order chi connectivity index (χ1) is 21.3. The molecule has 0 unspecified atom stereocenters. The smallest absolute Gasteiger partial charge is 0.301 e. The lowest BCUT2D eigenvalue weighted by Gasteiger charge is -2.41. The first-order valence-corrected chi connectivity index (χ1v) is 12.7. The predicted molar refractivity (Wildman–Crippen MR) is 137 cm³/mol. The first-order valence-electron chi connectivity index (χ1n) is 12.7. The van der Waals surface area contributed by atoms with Crippen LogP contribution < -0.4 is 4.90 Å². The fourth-order valence-corrected chi connectivity index (χ4v) is 3.89. The fraction of sp³-hybridized carbons (Fsp3) is 0.300. The van der Waals surface area contributed by atoms with E-state index in [-0.39, 0.29) is 16.0 Å². The summed E-state index contributed by atoms with van der Waals surface area (Å²) in [6, 6.07) is 16.6. The van der Waals surface area contributed by atoms with Gasteiger partial charge in [0.2, 0.25) is 0 Å². The molecule has 1 amide bonds. The zero-order chi connectivity index (χ0) is 35.9. The van der Waals surface area contributed by atoms with Crippen LogP contribution in [-0.4, -0.2) is 47.6 Å². The van der Waals surface area contributed by atoms with Crippen molar-refractivity contribution in [2.75, 3.05) is 4.90 Å². The number of carbonyl (C=O) groups is 1. The minimum atomic E-state index is -8.52. The molecule has 0 saturated heterocycles. The van der Waals surface area contributed by atoms with Crippen LogP contribution in [0.4, 0.5) is 71.5 Å². The Balaban J connectivity index is 2.20. The van der Waals surface area contributed by atoms with Gasteiger partial charge in [-0.3, -0.25) is 4.79 Å². The molecular formula is C30H18F15NO. The highest BCUT2D eigenvalue weighted by molar-refractivity contribution is 6.00. The average molecular weight is 693 g/mol. The second kappa shape index (κ2) is 12.3. The molecule has 0 heterocycles. The second-order valence-electron chi connectivity index (χ2n) is 9.95. The molecule has 0 aromatic heterocycles. The Hall–Kier alpha value is -4.36. The number of amides is 1. The number of aryl methyl sites for hydroxylation is 1. The molecule has 3 aromatic carbocycles. The first kappa shape index (κ1) is 37.1. The van der Waals surface area contributed by atoms with Gasteiger partial charge in [0, 0.05) is 11.1 Å². The third kappa shape index (κ3) is 6.33. The topological polar surface area (TPSA) is 20.3 Å². The Morgan fingerprint density at radius 1 is 0.574 bits per heavy atom. The Bertz CT molecular complexity index is 1640. The number of hydrogen-bond donors (Lipinski definition) is 0. The van der Waals surface area contributed by atoms with Gasteiger partial charge in [0.25, 0.3) is 0 Å². The highest BCUT2D eigenvalue weighted by Gasteiger charge is 2.94. The largest absolute Gasteiger partial charge is 0.460 e. The highest BCUT2D eigenvalue weighted by Crippen LogP contribution is 2.62. The van der Waals surface area contributed by atoms with Crippen LogP contribution >= 0.6 is 0 Å². The molecule has 0 aliphatic rings. The summed E-state index contributed by atoms with van der Waals surface area (Å²) < 4.78 is 208. The second-order valence-corrected chi connectivity index (χ2v) is 9.95. The molecule has 3 aromatic rings. The van der Waals surface area contributed by atoms with E-state index in [4.69, 9.17) is 0 Å². The van der Waals surface area contributed by atoms with Crippen LogP contribution in [0.15, 0.2) is 78.9 Å². The molecule has 0 aliphatic carbocycles. The molecule has 0 bridgehead atoms. The van der Waals surface area contributed by atoms with Crippen LogP contribution in [0.2, 0.25) is 0 Å². The minimum Gasteiger partial charge on any atom is -0.301 e. The van der Waals surface area contributed by atoms with Crippen molar-refractivity contribution in [1.29, 1.82) is 0 Å². The molecule has 17 heteroatoms. The third-order valence-electron chi connectivity index (χ3n) is 6.61. The lowest BCUT2D eigenvalue weighted by molar-refractivity contribution is -0.449. The van der Waals surface area contributed by atoms with Crippen molar-refractivity contribution < 1.29 is 70.7 Å². The lowest BCUT2D eigenvalue weighted by Crippen LogP contribution is -2.74. The number of nitrogens with zero attached hydrogens (tertiary/aromatic N) is 1. The van der Waals surface area contributed by atoms with Crippen LogP contribution in [-0.2, 0) is 11.3 Å². The number of benzene rings is 3. The van der Waals surface area contributed by atoms with Gasteiger partial charge < -0.3 is 4.90 Å². The number of carbonyl (C=O) groups excluding carboxylic acids is 1. The maximum Gasteiger partial charge on any atom is 0.460 e. The molecule has 3 rings (SSSR count). The van der Waals surface area contributed by atoms with Gasteiger partial charge in [-0.2, -0.15) is 65.9 Å². The Kier molecular flexibility index (Phi) is 9.74. The van der Waals surface area contributed by atoms with Crippen molar-refractivity contribution in [2.24, 2.45) is 0 Å². The van der Waals surface area contributed by atoms with Gasteiger partial charge in [-0.25, -0.2) is 0 Å². The zero-order valence-electron chi connectivity index (χ0n) is 23.2. The summed E-state index contributed by atoms with van der Waals surface area (Å²) in [4.78, 5) is 12.7. The lowest BCUT2D eigenvalue weighted by atomic mass is 9.90. The summed E-state index contributed by atoms with van der Waals surface area (Å²) in [5, 5.41) is 0. The maximum atomic E-state index is 15.2. The van der Waals surface area contributed by atoms with Gasteiger partial charge in [-0.05, 0) is 36.8 Å². The van der Waals surface area contributed by atoms with Crippen molar-refractivity contribution in [3.05, 3.63) is 101 Å². The van der Waals surface area contributed by atoms with Crippen LogP contribution in [0.25, 0.3) is 0 Å². The molecule has 47 heavy (non-hydrogen) atoms. The van der Waals surface area contributed by atoms with Gasteiger partial charge in [0.15, 0.2) is 0 Å². The van der Waals surface area contributed by atoms with E-state index in [0.29, 0.717) is 5.56 Å². The van der Waals surface area contributed by atoms with Crippen molar-refractivity contribution in [3.8, 4) is 11.8 Å². The van der Waals surface area contributed by atoms with Crippen LogP contribution in [0.5, 0.6) is 0 Å². The van der Waals surface area contributed by atoms with E-state index in [1.807, 2.05) is 0 Å². The molecular weight excluding hydrogens is 675 g/mol. The van der Waals surface area contributed by atoms with Gasteiger partial charge in [0.1, 0.15) is 0 Å². The molecule has 0 fully saturated rings. The highest BCUT2D eigenvalue weighted by atomic mass is 19.4. The van der Waals surface area contributed by atoms with E-state index in [1.165, 1.54) is 49.4 Å². The SMILES string of the molecule is Cc1ccc(CN(C(=O)C(F)(F)C(F)(F)C(F)(F)C(F)(F)C(F)(F)C(F)(F)C(F)(F)F)c2ccccc2C#Cc2ccccc2)cc1. The summed E-state index contributed by atoms with van der Waals surface area (Å²) in [5.41, 5.74) is -0.571. The molecule has 0 saturated carbocycles. The van der Waals surface area contributed by atoms with E-state index in [2.05, 4.69) is 11.8 Å². The Labute approximate surface area is 255 Å². The third-order valence-corrected chi connectivity index (χ3v) is 6.61. The molecule has 0 radical (unpaired) electrons. The number of alkyl halides is 15. The van der Waals surface area contributed by atoms with E-state index in [9.17, 15) is 61.9 Å². The normalized spacial score (nSPS) is 13.5. The van der Waals surface area contributed by atoms with Gasteiger partial charge in [-0.15, -0.1) is 0 Å². The number of hydrogen-bond acceptors (Lipinski definition) is 1. The quantitative estimate of drug-likeness (QED) is 0.162. The van der Waals surface area contributed by atoms with Crippen molar-refractivity contribution in [3.63, 3.8) is 0 Å². The molecule has 0 aliphatic heterocycles. The van der Waals surface area contributed by atoms with Crippen molar-refractivity contribution >= 4 is 11.6 Å². The summed E-state index contributed by atoms with van der Waals surface area (Å²) >= 11 is 0. The monoisotopic (exact) mass is 693 g/mol. The Morgan fingerprint density at radius 3 is 1.57 bits per heavy atom. The summed E-state index contributed by atoms with van der Waals surface area (Å²) in [7, 11) is 0. The molecule has 2 nitrogen and oxygen atoms in total.